The van der Waals surface area contributed by atoms with E-state index in [-0.39, 0.29) is 18.4 Å². The molecule has 2 atom stereocenters. The molecule has 3 saturated heterocycles. The van der Waals surface area contributed by atoms with E-state index in [0.29, 0.717) is 54.7 Å². The van der Waals surface area contributed by atoms with Crippen LogP contribution in [0, 0.1) is 0 Å². The number of anilines is 3. The number of carbonyl (C=O) groups excluding carboxylic acids is 1. The minimum Gasteiger partial charge on any atom is -0.507 e. The monoisotopic (exact) mass is 636 g/mol. The van der Waals surface area contributed by atoms with Crippen molar-refractivity contribution < 1.29 is 19.4 Å². The fourth-order valence-electron chi connectivity index (χ4n) is 6.87. The van der Waals surface area contributed by atoms with E-state index in [2.05, 4.69) is 35.9 Å². The van der Waals surface area contributed by atoms with Gasteiger partial charge in [0.1, 0.15) is 19.0 Å². The lowest BCUT2D eigenvalue weighted by Crippen LogP contribution is -2.54. The van der Waals surface area contributed by atoms with Crippen LogP contribution in [0.3, 0.4) is 0 Å². The van der Waals surface area contributed by atoms with Crippen LogP contribution in [-0.4, -0.2) is 101 Å². The topological polar surface area (TPSA) is 133 Å². The molecule has 0 radical (unpaired) electrons. The third-order valence-corrected chi connectivity index (χ3v) is 9.31. The molecule has 7 rings (SSSR count). The van der Waals surface area contributed by atoms with Crippen LogP contribution in [0.2, 0.25) is 0 Å². The first-order valence-electron chi connectivity index (χ1n) is 16.2. The van der Waals surface area contributed by atoms with Gasteiger partial charge in [0.15, 0.2) is 5.82 Å². The molecule has 12 heteroatoms. The molecule has 3 aliphatic rings. The van der Waals surface area contributed by atoms with E-state index in [4.69, 9.17) is 15.2 Å². The lowest BCUT2D eigenvalue weighted by Gasteiger charge is -2.43. The number of rotatable bonds is 9. The van der Waals surface area contributed by atoms with Crippen LogP contribution in [0.5, 0.6) is 11.6 Å². The highest BCUT2D eigenvalue weighted by atomic mass is 16.6. The Bertz CT molecular complexity index is 1670. The summed E-state index contributed by atoms with van der Waals surface area (Å²) < 4.78 is 11.6. The summed E-state index contributed by atoms with van der Waals surface area (Å²) in [6.07, 6.45) is 3.71. The number of aromatic nitrogens is 3. The summed E-state index contributed by atoms with van der Waals surface area (Å²) in [5.74, 6) is 1.17. The molecule has 3 N–H and O–H groups in total. The molecule has 47 heavy (non-hydrogen) atoms. The maximum absolute atomic E-state index is 12.5. The second-order valence-electron chi connectivity index (χ2n) is 12.3. The van der Waals surface area contributed by atoms with E-state index < -0.39 is 0 Å². The average Bonchev–Trinajstić information content (AvgIpc) is 3.37. The number of nitrogens with zero attached hydrogens (tertiary/aromatic N) is 7. The fourth-order valence-corrected chi connectivity index (χ4v) is 6.87. The Morgan fingerprint density at radius 3 is 2.43 bits per heavy atom. The van der Waals surface area contributed by atoms with Gasteiger partial charge >= 0.3 is 6.09 Å². The smallest absolute Gasteiger partial charge is 0.410 e. The normalized spacial score (nSPS) is 19.5. The van der Waals surface area contributed by atoms with Crippen LogP contribution in [0.25, 0.3) is 11.3 Å². The number of amides is 1. The van der Waals surface area contributed by atoms with Crippen molar-refractivity contribution in [3.63, 3.8) is 0 Å². The summed E-state index contributed by atoms with van der Waals surface area (Å²) in [4.78, 5) is 25.9. The molecule has 2 unspecified atom stereocenters. The van der Waals surface area contributed by atoms with Crippen LogP contribution in [0.1, 0.15) is 18.4 Å². The first kappa shape index (κ1) is 30.5. The number of pyridine rings is 1. The summed E-state index contributed by atoms with van der Waals surface area (Å²) in [6, 6.07) is 23.5. The average molecular weight is 637 g/mol. The van der Waals surface area contributed by atoms with E-state index in [1.807, 2.05) is 60.8 Å². The van der Waals surface area contributed by atoms with Crippen molar-refractivity contribution in [3.8, 4) is 22.9 Å². The minimum atomic E-state index is -0.265. The predicted molar refractivity (Wildman–Crippen MR) is 179 cm³/mol. The van der Waals surface area contributed by atoms with Gasteiger partial charge in [0, 0.05) is 81.4 Å². The van der Waals surface area contributed by atoms with Gasteiger partial charge in [0.25, 0.3) is 0 Å². The standard InChI is InChI=1S/C35H40N8O4/c36-34-31(21-30(38-39-34)29-8-4-5-9-32(29)44)42-22-27-10-11-28(23-42)43(27)26-12-13-37-33(20-26)46-19-18-40-14-16-41(17-15-40)35(45)47-24-25-6-2-1-3-7-25/h1-9,12-13,20-21,27-28,44H,10-11,14-19,22-24H2,(H2,36,39). The van der Waals surface area contributed by atoms with E-state index in [1.165, 1.54) is 0 Å². The Balaban J connectivity index is 0.908. The number of nitrogen functional groups attached to an aromatic ring is 1. The van der Waals surface area contributed by atoms with Gasteiger partial charge < -0.3 is 35.0 Å². The molecule has 0 aliphatic carbocycles. The SMILES string of the molecule is Nc1nnc(-c2ccccc2O)cc1N1CC2CCC(C1)N2c1ccnc(OCCN2CCN(C(=O)OCc3ccccc3)CC2)c1. The summed E-state index contributed by atoms with van der Waals surface area (Å²) in [5, 5.41) is 18.8. The van der Waals surface area contributed by atoms with Gasteiger partial charge in [-0.3, -0.25) is 4.90 Å². The maximum atomic E-state index is 12.5. The van der Waals surface area contributed by atoms with Crippen molar-refractivity contribution in [1.29, 1.82) is 0 Å². The van der Waals surface area contributed by atoms with Crippen molar-refractivity contribution in [2.75, 3.05) is 68.0 Å². The molecule has 2 bridgehead atoms. The van der Waals surface area contributed by atoms with Crippen molar-refractivity contribution in [2.24, 2.45) is 0 Å². The summed E-state index contributed by atoms with van der Waals surface area (Å²) in [5.41, 5.74) is 10.5. The molecule has 4 aromatic rings. The number of fused-ring (bicyclic) bond motifs is 2. The first-order valence-corrected chi connectivity index (χ1v) is 16.2. The maximum Gasteiger partial charge on any atom is 0.410 e. The number of benzene rings is 2. The number of phenols is 1. The Morgan fingerprint density at radius 2 is 1.66 bits per heavy atom. The third-order valence-electron chi connectivity index (χ3n) is 9.31. The summed E-state index contributed by atoms with van der Waals surface area (Å²) in [6.45, 7) is 5.98. The number of para-hydroxylation sites is 1. The number of phenolic OH excluding ortho intramolecular Hbond substituents is 1. The number of nitrogens with two attached hydrogens (primary N) is 1. The quantitative estimate of drug-likeness (QED) is 0.276. The van der Waals surface area contributed by atoms with Gasteiger partial charge in [-0.25, -0.2) is 9.78 Å². The van der Waals surface area contributed by atoms with Crippen molar-refractivity contribution in [1.82, 2.24) is 25.0 Å². The van der Waals surface area contributed by atoms with Crippen molar-refractivity contribution >= 4 is 23.3 Å². The van der Waals surface area contributed by atoms with E-state index in [1.54, 1.807) is 17.0 Å². The van der Waals surface area contributed by atoms with Crippen LogP contribution < -0.4 is 20.3 Å². The first-order chi connectivity index (χ1) is 23.0. The number of carbonyl (C=O) groups is 1. The zero-order valence-corrected chi connectivity index (χ0v) is 26.3. The number of hydrogen-bond acceptors (Lipinski definition) is 11. The summed E-state index contributed by atoms with van der Waals surface area (Å²) in [7, 11) is 0. The lowest BCUT2D eigenvalue weighted by molar-refractivity contribution is 0.0682. The molecule has 3 fully saturated rings. The zero-order chi connectivity index (χ0) is 32.2. The number of aromatic hydroxyl groups is 1. The molecule has 2 aromatic carbocycles. The molecule has 0 saturated carbocycles. The molecular formula is C35H40N8O4. The van der Waals surface area contributed by atoms with Crippen LogP contribution >= 0.6 is 0 Å². The molecule has 0 spiro atoms. The molecule has 3 aliphatic heterocycles. The van der Waals surface area contributed by atoms with Gasteiger partial charge in [-0.1, -0.05) is 42.5 Å². The Kier molecular flexibility index (Phi) is 8.92. The number of piperazine rings is 2. The second kappa shape index (κ2) is 13.7. The highest BCUT2D eigenvalue weighted by molar-refractivity contribution is 5.74. The van der Waals surface area contributed by atoms with Crippen LogP contribution in [0.15, 0.2) is 79.0 Å². The number of hydrogen-bond donors (Lipinski definition) is 2. The second-order valence-corrected chi connectivity index (χ2v) is 12.3. The van der Waals surface area contributed by atoms with Crippen LogP contribution in [0.4, 0.5) is 22.0 Å². The van der Waals surface area contributed by atoms with E-state index in [0.717, 1.165) is 62.5 Å². The molecule has 5 heterocycles. The minimum absolute atomic E-state index is 0.164. The molecule has 2 aromatic heterocycles. The van der Waals surface area contributed by atoms with E-state index in [9.17, 15) is 9.90 Å². The predicted octanol–water partition coefficient (Wildman–Crippen LogP) is 4.02. The molecular weight excluding hydrogens is 596 g/mol. The van der Waals surface area contributed by atoms with E-state index >= 15 is 0 Å². The largest absolute Gasteiger partial charge is 0.507 e. The third kappa shape index (κ3) is 6.87. The molecule has 1 amide bonds. The van der Waals surface area contributed by atoms with Gasteiger partial charge in [0.2, 0.25) is 5.88 Å². The highest BCUT2D eigenvalue weighted by Crippen LogP contribution is 2.39. The molecule has 12 nitrogen and oxygen atoms in total. The Morgan fingerprint density at radius 1 is 0.915 bits per heavy atom. The summed E-state index contributed by atoms with van der Waals surface area (Å²) >= 11 is 0. The lowest BCUT2D eigenvalue weighted by atomic mass is 10.1. The van der Waals surface area contributed by atoms with Gasteiger partial charge in [-0.2, -0.15) is 0 Å². The Labute approximate surface area is 274 Å². The number of ether oxygens (including phenoxy) is 2. The Hall–Kier alpha value is -5.10. The van der Waals surface area contributed by atoms with Crippen molar-refractivity contribution in [2.45, 2.75) is 31.5 Å². The van der Waals surface area contributed by atoms with Crippen LogP contribution in [-0.2, 0) is 11.3 Å². The van der Waals surface area contributed by atoms with Crippen molar-refractivity contribution in [3.05, 3.63) is 84.6 Å². The molecule has 244 valence electrons. The van der Waals surface area contributed by atoms with Gasteiger partial charge in [0.05, 0.1) is 11.4 Å². The van der Waals surface area contributed by atoms with Gasteiger partial charge in [-0.05, 0) is 42.7 Å². The highest BCUT2D eigenvalue weighted by Gasteiger charge is 2.41. The fraction of sp³-hybridized carbons (Fsp3) is 0.371. The zero-order valence-electron chi connectivity index (χ0n) is 26.3. The van der Waals surface area contributed by atoms with Gasteiger partial charge in [-0.15, -0.1) is 10.2 Å².